The molecule has 2 fully saturated rings. The summed E-state index contributed by atoms with van der Waals surface area (Å²) in [6.45, 7) is 0. The van der Waals surface area contributed by atoms with E-state index in [4.69, 9.17) is 20.9 Å². The van der Waals surface area contributed by atoms with Crippen molar-refractivity contribution in [2.45, 2.75) is 62.1 Å². The topological polar surface area (TPSA) is 111 Å². The zero-order valence-corrected chi connectivity index (χ0v) is 16.2. The second kappa shape index (κ2) is 8.04. The third kappa shape index (κ3) is 3.93. The Morgan fingerprint density at radius 3 is 1.42 bits per heavy atom. The molecule has 8 heteroatoms. The van der Waals surface area contributed by atoms with Crippen LogP contribution in [0.1, 0.15) is 38.5 Å². The predicted molar refractivity (Wildman–Crippen MR) is 97.8 cm³/mol. The Morgan fingerprint density at radius 1 is 0.846 bits per heavy atom. The fourth-order valence-electron chi connectivity index (χ4n) is 4.07. The molecule has 0 aromatic heterocycles. The molecule has 0 spiro atoms. The van der Waals surface area contributed by atoms with Crippen molar-refractivity contribution >= 4 is 11.9 Å². The summed E-state index contributed by atoms with van der Waals surface area (Å²) in [4.78, 5) is 28.1. The predicted octanol–water partition coefficient (Wildman–Crippen LogP) is 0.167. The third-order valence-electron chi connectivity index (χ3n) is 5.68. The van der Waals surface area contributed by atoms with Crippen LogP contribution in [-0.4, -0.2) is 73.5 Å². The maximum atomic E-state index is 12.2. The molecule has 4 atom stereocenters. The van der Waals surface area contributed by atoms with Gasteiger partial charge in [0.25, 0.3) is 0 Å². The Hall–Kier alpha value is -1.48. The highest BCUT2D eigenvalue weighted by Gasteiger charge is 2.47. The van der Waals surface area contributed by atoms with E-state index in [2.05, 4.69) is 0 Å². The van der Waals surface area contributed by atoms with Gasteiger partial charge in [0.05, 0.1) is 12.1 Å². The van der Waals surface area contributed by atoms with Gasteiger partial charge in [0.15, 0.2) is 11.4 Å². The van der Waals surface area contributed by atoms with Crippen LogP contribution in [0.5, 0.6) is 0 Å². The lowest BCUT2D eigenvalue weighted by Crippen LogP contribution is -2.57. The molecule has 0 radical (unpaired) electrons. The smallest absolute Gasteiger partial charge is 0.332 e. The zero-order chi connectivity index (χ0) is 19.5. The molecule has 0 amide bonds. The minimum absolute atomic E-state index is 0.254. The van der Waals surface area contributed by atoms with Gasteiger partial charge in [-0.2, -0.15) is 0 Å². The molecule has 2 rings (SSSR count). The number of hydrogen-bond donors (Lipinski definition) is 2. The van der Waals surface area contributed by atoms with Crippen molar-refractivity contribution in [3.63, 3.8) is 0 Å². The van der Waals surface area contributed by atoms with Gasteiger partial charge in [0.2, 0.25) is 0 Å². The molecule has 2 aliphatic carbocycles. The van der Waals surface area contributed by atoms with Crippen molar-refractivity contribution in [3.05, 3.63) is 12.2 Å². The van der Waals surface area contributed by atoms with Crippen LogP contribution in [0, 0.1) is 0 Å². The lowest BCUT2D eigenvalue weighted by atomic mass is 10.1. The summed E-state index contributed by atoms with van der Waals surface area (Å²) < 4.78 is 11.2. The minimum atomic E-state index is -0.829. The summed E-state index contributed by atoms with van der Waals surface area (Å²) in [5.74, 6) is -1.22. The average Bonchev–Trinajstić information content (AvgIpc) is 3.11. The van der Waals surface area contributed by atoms with Crippen molar-refractivity contribution < 1.29 is 19.1 Å². The number of hydrogen-bond acceptors (Lipinski definition) is 8. The Labute approximate surface area is 155 Å². The SMILES string of the molecule is CN(C)C1(OC(=O)/C=C\C(=O)OC2(N(C)C)CCCC2N)CCCC1N. The molecular formula is C18H32N4O4. The number of esters is 2. The first-order valence-corrected chi connectivity index (χ1v) is 9.14. The first-order valence-electron chi connectivity index (χ1n) is 9.14. The van der Waals surface area contributed by atoms with Gasteiger partial charge in [-0.25, -0.2) is 9.59 Å². The standard InChI is InChI=1S/C18H32N4O4/c1-21(2)17(11-5-7-13(17)19)25-15(23)9-10-16(24)26-18(22(3)4)12-6-8-14(18)20/h9-10,13-14H,5-8,11-12,19-20H2,1-4H3/b10-9-. The van der Waals surface area contributed by atoms with Crippen molar-refractivity contribution in [2.24, 2.45) is 11.5 Å². The van der Waals surface area contributed by atoms with Gasteiger partial charge in [-0.3, -0.25) is 9.80 Å². The third-order valence-corrected chi connectivity index (χ3v) is 5.68. The number of carbonyl (C=O) groups is 2. The van der Waals surface area contributed by atoms with E-state index in [1.165, 1.54) is 0 Å². The second-order valence-corrected chi connectivity index (χ2v) is 7.65. The number of likely N-dealkylation sites (N-methyl/N-ethyl adjacent to an activating group) is 2. The van der Waals surface area contributed by atoms with Crippen molar-refractivity contribution in [2.75, 3.05) is 28.2 Å². The van der Waals surface area contributed by atoms with E-state index in [-0.39, 0.29) is 12.1 Å². The highest BCUT2D eigenvalue weighted by Crippen LogP contribution is 2.35. The molecule has 4 N–H and O–H groups in total. The highest BCUT2D eigenvalue weighted by molar-refractivity contribution is 5.92. The summed E-state index contributed by atoms with van der Waals surface area (Å²) >= 11 is 0. The quantitative estimate of drug-likeness (QED) is 0.388. The van der Waals surface area contributed by atoms with Crippen LogP contribution >= 0.6 is 0 Å². The normalized spacial score (nSPS) is 34.8. The summed E-state index contributed by atoms with van der Waals surface area (Å²) in [5, 5.41) is 0. The van der Waals surface area contributed by atoms with Crippen molar-refractivity contribution in [3.8, 4) is 0 Å². The summed E-state index contributed by atoms with van der Waals surface area (Å²) in [7, 11) is 7.33. The Bertz CT molecular complexity index is 517. The van der Waals surface area contributed by atoms with E-state index in [1.54, 1.807) is 0 Å². The summed E-state index contributed by atoms with van der Waals surface area (Å²) in [6, 6.07) is -0.509. The van der Waals surface area contributed by atoms with Gasteiger partial charge in [0, 0.05) is 25.0 Å². The van der Waals surface area contributed by atoms with Gasteiger partial charge < -0.3 is 20.9 Å². The van der Waals surface area contributed by atoms with E-state index in [0.29, 0.717) is 12.8 Å². The molecule has 0 saturated heterocycles. The van der Waals surface area contributed by atoms with E-state index in [1.807, 2.05) is 38.0 Å². The van der Waals surface area contributed by atoms with E-state index in [0.717, 1.165) is 37.8 Å². The molecular weight excluding hydrogens is 336 g/mol. The van der Waals surface area contributed by atoms with Crippen molar-refractivity contribution in [1.29, 1.82) is 0 Å². The van der Waals surface area contributed by atoms with Gasteiger partial charge in [0.1, 0.15) is 0 Å². The Kier molecular flexibility index (Phi) is 6.44. The molecule has 0 aromatic rings. The maximum Gasteiger partial charge on any atom is 0.332 e. The molecule has 0 aliphatic heterocycles. The summed E-state index contributed by atoms with van der Waals surface area (Å²) in [5.41, 5.74) is 10.6. The molecule has 0 bridgehead atoms. The van der Waals surface area contributed by atoms with Crippen LogP contribution in [0.2, 0.25) is 0 Å². The molecule has 2 aliphatic rings. The lowest BCUT2D eigenvalue weighted by molar-refractivity contribution is -0.178. The number of carbonyl (C=O) groups excluding carboxylic acids is 2. The van der Waals surface area contributed by atoms with Crippen LogP contribution < -0.4 is 11.5 Å². The Balaban J connectivity index is 2.00. The fourth-order valence-corrected chi connectivity index (χ4v) is 4.07. The minimum Gasteiger partial charge on any atom is -0.439 e. The van der Waals surface area contributed by atoms with Crippen LogP contribution in [0.4, 0.5) is 0 Å². The Morgan fingerprint density at radius 2 is 1.19 bits per heavy atom. The van der Waals surface area contributed by atoms with Gasteiger partial charge in [-0.15, -0.1) is 0 Å². The molecule has 0 heterocycles. The first kappa shape index (κ1) is 20.8. The molecule has 2 saturated carbocycles. The fraction of sp³-hybridized carbons (Fsp3) is 0.778. The monoisotopic (exact) mass is 368 g/mol. The van der Waals surface area contributed by atoms with E-state index >= 15 is 0 Å². The van der Waals surface area contributed by atoms with Crippen LogP contribution in [0.25, 0.3) is 0 Å². The molecule has 4 unspecified atom stereocenters. The van der Waals surface area contributed by atoms with Crippen LogP contribution in [0.15, 0.2) is 12.2 Å². The number of ether oxygens (including phenoxy) is 2. The molecule has 8 nitrogen and oxygen atoms in total. The van der Waals surface area contributed by atoms with Crippen LogP contribution in [-0.2, 0) is 19.1 Å². The zero-order valence-electron chi connectivity index (χ0n) is 16.2. The maximum absolute atomic E-state index is 12.2. The molecule has 26 heavy (non-hydrogen) atoms. The van der Waals surface area contributed by atoms with Gasteiger partial charge in [-0.05, 0) is 53.9 Å². The first-order chi connectivity index (χ1) is 12.1. The van der Waals surface area contributed by atoms with Gasteiger partial charge >= 0.3 is 11.9 Å². The lowest BCUT2D eigenvalue weighted by Gasteiger charge is -2.39. The number of rotatable bonds is 6. The van der Waals surface area contributed by atoms with Gasteiger partial charge in [-0.1, -0.05) is 0 Å². The van der Waals surface area contributed by atoms with Crippen LogP contribution in [0.3, 0.4) is 0 Å². The summed E-state index contributed by atoms with van der Waals surface area (Å²) in [6.07, 6.45) is 6.91. The number of nitrogens with zero attached hydrogens (tertiary/aromatic N) is 2. The number of nitrogens with two attached hydrogens (primary N) is 2. The van der Waals surface area contributed by atoms with Crippen molar-refractivity contribution in [1.82, 2.24) is 9.80 Å². The average molecular weight is 368 g/mol. The second-order valence-electron chi connectivity index (χ2n) is 7.65. The molecule has 0 aromatic carbocycles. The molecule has 148 valence electrons. The van der Waals surface area contributed by atoms with E-state index < -0.39 is 23.4 Å². The van der Waals surface area contributed by atoms with E-state index in [9.17, 15) is 9.59 Å². The highest BCUT2D eigenvalue weighted by atomic mass is 16.6. The largest absolute Gasteiger partial charge is 0.439 e.